The summed E-state index contributed by atoms with van der Waals surface area (Å²) in [5.74, 6) is -1.78. The van der Waals surface area contributed by atoms with Crippen LogP contribution in [0.3, 0.4) is 0 Å². The summed E-state index contributed by atoms with van der Waals surface area (Å²) >= 11 is 6.90. The lowest BCUT2D eigenvalue weighted by Crippen LogP contribution is -2.44. The van der Waals surface area contributed by atoms with Gasteiger partial charge in [-0.25, -0.2) is 4.39 Å². The lowest BCUT2D eigenvalue weighted by molar-refractivity contribution is -0.138. The summed E-state index contributed by atoms with van der Waals surface area (Å²) in [6, 6.07) is 8.73. The summed E-state index contributed by atoms with van der Waals surface area (Å²) in [6.45, 7) is 4.74. The molecule has 0 atom stereocenters. The quantitative estimate of drug-likeness (QED) is 0.352. The first-order valence-corrected chi connectivity index (χ1v) is 12.9. The molecule has 0 unspecified atom stereocenters. The van der Waals surface area contributed by atoms with Gasteiger partial charge in [-0.15, -0.1) is 11.3 Å². The summed E-state index contributed by atoms with van der Waals surface area (Å²) < 4.78 is 54.9. The molecule has 1 saturated heterocycles. The van der Waals surface area contributed by atoms with Crippen molar-refractivity contribution >= 4 is 45.4 Å². The van der Waals surface area contributed by atoms with E-state index in [1.54, 1.807) is 13.0 Å². The highest BCUT2D eigenvalue weighted by Crippen LogP contribution is 2.35. The van der Waals surface area contributed by atoms with E-state index in [4.69, 9.17) is 11.6 Å². The number of hydrogen-bond donors (Lipinski definition) is 2. The number of aryl methyl sites for hydroxylation is 1. The number of anilines is 2. The standard InChI is InChI=1S/C26H25ClF4N4O2S/c1-15-11-22(33-24(36)19-6-4-17(28)12-21(19)27)38-23(15)25(37)32-18-5-3-16(20(13-18)26(29,30)31)14-35-9-7-34(2)8-10-35/h3-6,11-13H,7-10,14H2,1-2H3,(H,32,37)(H,33,36). The first-order chi connectivity index (χ1) is 17.9. The maximum absolute atomic E-state index is 13.9. The maximum atomic E-state index is 13.9. The molecule has 2 aromatic carbocycles. The molecule has 4 rings (SSSR count). The van der Waals surface area contributed by atoms with Crippen molar-refractivity contribution in [1.29, 1.82) is 0 Å². The summed E-state index contributed by atoms with van der Waals surface area (Å²) in [6.07, 6.45) is -4.58. The van der Waals surface area contributed by atoms with Crippen molar-refractivity contribution in [3.05, 3.63) is 80.4 Å². The van der Waals surface area contributed by atoms with E-state index in [1.807, 2.05) is 11.9 Å². The van der Waals surface area contributed by atoms with Crippen LogP contribution in [0, 0.1) is 12.7 Å². The second-order valence-electron chi connectivity index (χ2n) is 9.10. The van der Waals surface area contributed by atoms with E-state index in [2.05, 4.69) is 15.5 Å². The van der Waals surface area contributed by atoms with Gasteiger partial charge in [0.15, 0.2) is 0 Å². The van der Waals surface area contributed by atoms with Gasteiger partial charge in [0.25, 0.3) is 11.8 Å². The average molecular weight is 569 g/mol. The van der Waals surface area contributed by atoms with Crippen molar-refractivity contribution in [2.24, 2.45) is 0 Å². The summed E-state index contributed by atoms with van der Waals surface area (Å²) in [5, 5.41) is 5.42. The Morgan fingerprint density at radius 1 is 1.00 bits per heavy atom. The van der Waals surface area contributed by atoms with E-state index in [-0.39, 0.29) is 33.3 Å². The molecule has 2 amide bonds. The minimum atomic E-state index is -4.58. The highest BCUT2D eigenvalue weighted by molar-refractivity contribution is 7.18. The Bertz CT molecular complexity index is 1350. The van der Waals surface area contributed by atoms with Gasteiger partial charge in [0, 0.05) is 38.4 Å². The Kier molecular flexibility index (Phi) is 8.41. The van der Waals surface area contributed by atoms with Crippen LogP contribution in [0.15, 0.2) is 42.5 Å². The zero-order chi connectivity index (χ0) is 27.6. The van der Waals surface area contributed by atoms with E-state index in [0.29, 0.717) is 23.7 Å². The predicted molar refractivity (Wildman–Crippen MR) is 141 cm³/mol. The molecule has 38 heavy (non-hydrogen) atoms. The molecule has 6 nitrogen and oxygen atoms in total. The SMILES string of the molecule is Cc1cc(NC(=O)c2ccc(F)cc2Cl)sc1C(=O)Nc1ccc(CN2CCN(C)CC2)c(C(F)(F)F)c1. The van der Waals surface area contributed by atoms with E-state index >= 15 is 0 Å². The minimum Gasteiger partial charge on any atom is -0.321 e. The molecule has 1 aromatic heterocycles. The highest BCUT2D eigenvalue weighted by Gasteiger charge is 2.34. The third-order valence-electron chi connectivity index (χ3n) is 6.20. The molecule has 0 saturated carbocycles. The van der Waals surface area contributed by atoms with Crippen molar-refractivity contribution in [3.8, 4) is 0 Å². The molecular formula is C26H25ClF4N4O2S. The van der Waals surface area contributed by atoms with Crippen molar-refractivity contribution < 1.29 is 27.2 Å². The lowest BCUT2D eigenvalue weighted by Gasteiger charge is -2.33. The zero-order valence-electron chi connectivity index (χ0n) is 20.6. The van der Waals surface area contributed by atoms with Gasteiger partial charge < -0.3 is 15.5 Å². The molecule has 0 radical (unpaired) electrons. The summed E-state index contributed by atoms with van der Waals surface area (Å²) in [5.41, 5.74) is -0.0452. The second-order valence-corrected chi connectivity index (χ2v) is 10.6. The van der Waals surface area contributed by atoms with E-state index in [9.17, 15) is 27.2 Å². The van der Waals surface area contributed by atoms with E-state index < -0.39 is 29.4 Å². The molecule has 0 spiro atoms. The van der Waals surface area contributed by atoms with Crippen LogP contribution in [0.1, 0.15) is 36.7 Å². The van der Waals surface area contributed by atoms with Crippen LogP contribution in [-0.4, -0.2) is 54.8 Å². The van der Waals surface area contributed by atoms with Crippen molar-refractivity contribution in [3.63, 3.8) is 0 Å². The smallest absolute Gasteiger partial charge is 0.321 e. The highest BCUT2D eigenvalue weighted by atomic mass is 35.5. The number of thiophene rings is 1. The van der Waals surface area contributed by atoms with Crippen LogP contribution in [-0.2, 0) is 12.7 Å². The number of alkyl halides is 3. The van der Waals surface area contributed by atoms with Crippen molar-refractivity contribution in [2.75, 3.05) is 43.9 Å². The van der Waals surface area contributed by atoms with Crippen molar-refractivity contribution in [2.45, 2.75) is 19.6 Å². The van der Waals surface area contributed by atoms with E-state index in [1.165, 1.54) is 18.2 Å². The molecule has 1 fully saturated rings. The van der Waals surface area contributed by atoms with Gasteiger partial charge in [-0.3, -0.25) is 14.5 Å². The van der Waals surface area contributed by atoms with Gasteiger partial charge in [0.1, 0.15) is 5.82 Å². The minimum absolute atomic E-state index is 0.0148. The monoisotopic (exact) mass is 568 g/mol. The number of nitrogens with one attached hydrogen (secondary N) is 2. The number of amides is 2. The summed E-state index contributed by atoms with van der Waals surface area (Å²) in [4.78, 5) is 29.8. The maximum Gasteiger partial charge on any atom is 0.416 e. The van der Waals surface area contributed by atoms with Crippen LogP contribution >= 0.6 is 22.9 Å². The number of piperazine rings is 1. The molecule has 0 aliphatic carbocycles. The molecule has 0 bridgehead atoms. The van der Waals surface area contributed by atoms with Gasteiger partial charge in [-0.1, -0.05) is 17.7 Å². The van der Waals surface area contributed by atoms with Crippen LogP contribution in [0.25, 0.3) is 0 Å². The Hall–Kier alpha value is -2.99. The Balaban J connectivity index is 1.48. The Morgan fingerprint density at radius 3 is 2.37 bits per heavy atom. The third-order valence-corrected chi connectivity index (χ3v) is 7.66. The fourth-order valence-electron chi connectivity index (χ4n) is 4.11. The van der Waals surface area contributed by atoms with Crippen molar-refractivity contribution in [1.82, 2.24) is 9.80 Å². The first kappa shape index (κ1) is 28.0. The van der Waals surface area contributed by atoms with Gasteiger partial charge in [-0.05, 0) is 61.5 Å². The Morgan fingerprint density at radius 2 is 1.71 bits per heavy atom. The molecule has 1 aliphatic heterocycles. The van der Waals surface area contributed by atoms with Crippen LogP contribution in [0.4, 0.5) is 28.3 Å². The number of halogens is 5. The number of nitrogens with zero attached hydrogens (tertiary/aromatic N) is 2. The summed E-state index contributed by atoms with van der Waals surface area (Å²) in [7, 11) is 1.98. The number of hydrogen-bond acceptors (Lipinski definition) is 5. The first-order valence-electron chi connectivity index (χ1n) is 11.7. The molecule has 3 aromatic rings. The largest absolute Gasteiger partial charge is 0.416 e. The molecular weight excluding hydrogens is 544 g/mol. The third kappa shape index (κ3) is 6.71. The fourth-order valence-corrected chi connectivity index (χ4v) is 5.33. The molecule has 2 N–H and O–H groups in total. The average Bonchev–Trinajstić information content (AvgIpc) is 3.20. The molecule has 202 valence electrons. The van der Waals surface area contributed by atoms with Gasteiger partial charge >= 0.3 is 6.18 Å². The fraction of sp³-hybridized carbons (Fsp3) is 0.308. The number of benzene rings is 2. The number of carbonyl (C=O) groups excluding carboxylic acids is 2. The lowest BCUT2D eigenvalue weighted by atomic mass is 10.0. The van der Waals surface area contributed by atoms with Crippen LogP contribution in [0.5, 0.6) is 0 Å². The normalized spacial score (nSPS) is 14.9. The molecule has 12 heteroatoms. The van der Waals surface area contributed by atoms with Crippen LogP contribution in [0.2, 0.25) is 5.02 Å². The number of likely N-dealkylation sites (N-methyl/N-ethyl adjacent to an activating group) is 1. The second kappa shape index (κ2) is 11.4. The molecule has 2 heterocycles. The predicted octanol–water partition coefficient (Wildman–Crippen LogP) is 6.12. The van der Waals surface area contributed by atoms with Gasteiger partial charge in [-0.2, -0.15) is 13.2 Å². The van der Waals surface area contributed by atoms with Crippen LogP contribution < -0.4 is 10.6 Å². The van der Waals surface area contributed by atoms with Gasteiger partial charge in [0.2, 0.25) is 0 Å². The number of rotatable bonds is 6. The van der Waals surface area contributed by atoms with E-state index in [0.717, 1.165) is 42.6 Å². The topological polar surface area (TPSA) is 64.7 Å². The Labute approximate surface area is 226 Å². The zero-order valence-corrected chi connectivity index (χ0v) is 22.2. The van der Waals surface area contributed by atoms with Gasteiger partial charge in [0.05, 0.1) is 26.0 Å². The number of carbonyl (C=O) groups is 2. The molecule has 1 aliphatic rings.